The Balaban J connectivity index is 1.69. The highest BCUT2D eigenvalue weighted by Crippen LogP contribution is 2.48. The zero-order valence-electron chi connectivity index (χ0n) is 21.5. The van der Waals surface area contributed by atoms with E-state index in [2.05, 4.69) is 5.32 Å². The predicted molar refractivity (Wildman–Crippen MR) is 139 cm³/mol. The fraction of sp³-hybridized carbons (Fsp3) is 0.423. The van der Waals surface area contributed by atoms with Crippen LogP contribution in [0.3, 0.4) is 0 Å². The summed E-state index contributed by atoms with van der Waals surface area (Å²) in [6.07, 6.45) is 2.95. The SMILES string of the molecule is CNC(=O)c1c(-c2ccc(F)cc2)oc2cc(N(CCOCCOOCOC)S(C)(=O)=O)c(C3CC3)cc12. The minimum atomic E-state index is -3.68. The fourth-order valence-electron chi connectivity index (χ4n) is 4.19. The van der Waals surface area contributed by atoms with E-state index in [-0.39, 0.29) is 50.7 Å². The van der Waals surface area contributed by atoms with Gasteiger partial charge in [-0.3, -0.25) is 9.10 Å². The molecule has 1 heterocycles. The Kier molecular flexibility index (Phi) is 9.00. The molecule has 0 saturated heterocycles. The number of halogens is 1. The molecular formula is C26H31FN2O8S. The molecule has 0 spiro atoms. The Hall–Kier alpha value is -3.03. The van der Waals surface area contributed by atoms with Gasteiger partial charge in [-0.1, -0.05) is 0 Å². The molecule has 0 aliphatic heterocycles. The maximum absolute atomic E-state index is 13.6. The molecule has 1 aromatic heterocycles. The Morgan fingerprint density at radius 3 is 2.50 bits per heavy atom. The van der Waals surface area contributed by atoms with E-state index in [9.17, 15) is 17.6 Å². The van der Waals surface area contributed by atoms with E-state index in [0.717, 1.165) is 24.7 Å². The lowest BCUT2D eigenvalue weighted by atomic mass is 10.0. The van der Waals surface area contributed by atoms with Gasteiger partial charge in [0.25, 0.3) is 5.91 Å². The molecule has 12 heteroatoms. The lowest BCUT2D eigenvalue weighted by Gasteiger charge is -2.25. The molecule has 1 N–H and O–H groups in total. The number of carbonyl (C=O) groups is 1. The number of nitrogens with zero attached hydrogens (tertiary/aromatic N) is 1. The summed E-state index contributed by atoms with van der Waals surface area (Å²) in [5.74, 6) is -0.330. The van der Waals surface area contributed by atoms with Crippen LogP contribution in [0.15, 0.2) is 40.8 Å². The largest absolute Gasteiger partial charge is 0.455 e. The summed E-state index contributed by atoms with van der Waals surface area (Å²) in [7, 11) is -0.692. The van der Waals surface area contributed by atoms with E-state index < -0.39 is 15.8 Å². The number of carbonyl (C=O) groups excluding carboxylic acids is 1. The number of hydrogen-bond acceptors (Lipinski definition) is 8. The van der Waals surface area contributed by atoms with Crippen molar-refractivity contribution in [3.63, 3.8) is 0 Å². The van der Waals surface area contributed by atoms with Gasteiger partial charge in [0, 0.05) is 31.2 Å². The Morgan fingerprint density at radius 2 is 1.87 bits per heavy atom. The van der Waals surface area contributed by atoms with Gasteiger partial charge in [-0.2, -0.15) is 0 Å². The van der Waals surface area contributed by atoms with Crippen molar-refractivity contribution in [2.24, 2.45) is 0 Å². The van der Waals surface area contributed by atoms with Crippen LogP contribution in [0.5, 0.6) is 0 Å². The second-order valence-corrected chi connectivity index (χ2v) is 10.8. The molecule has 1 amide bonds. The standard InChI is InChI=1S/C26H31FN2O8S/c1-28-26(30)24-21-14-20(17-4-5-17)22(15-23(21)37-25(24)18-6-8-19(27)9-7-18)29(38(3,31)32)10-11-34-12-13-35-36-16-33-2/h6-9,14-15,17H,4-5,10-13,16H2,1-3H3,(H,28,30). The van der Waals surface area contributed by atoms with Crippen LogP contribution in [0.4, 0.5) is 10.1 Å². The van der Waals surface area contributed by atoms with Crippen LogP contribution in [0.1, 0.15) is 34.7 Å². The quantitative estimate of drug-likeness (QED) is 0.139. The first-order chi connectivity index (χ1) is 18.2. The molecule has 38 heavy (non-hydrogen) atoms. The van der Waals surface area contributed by atoms with E-state index in [1.807, 2.05) is 6.07 Å². The fourth-order valence-corrected chi connectivity index (χ4v) is 5.11. The van der Waals surface area contributed by atoms with Gasteiger partial charge >= 0.3 is 0 Å². The van der Waals surface area contributed by atoms with Crippen LogP contribution in [-0.4, -0.2) is 67.9 Å². The highest BCUT2D eigenvalue weighted by atomic mass is 32.2. The van der Waals surface area contributed by atoms with E-state index in [1.165, 1.54) is 42.7 Å². The minimum Gasteiger partial charge on any atom is -0.455 e. The zero-order chi connectivity index (χ0) is 27.3. The first-order valence-electron chi connectivity index (χ1n) is 12.1. The number of sulfonamides is 1. The second-order valence-electron chi connectivity index (χ2n) is 8.87. The normalized spacial score (nSPS) is 13.7. The number of ether oxygens (including phenoxy) is 2. The Labute approximate surface area is 220 Å². The summed E-state index contributed by atoms with van der Waals surface area (Å²) in [4.78, 5) is 22.5. The molecule has 10 nitrogen and oxygen atoms in total. The monoisotopic (exact) mass is 550 g/mol. The summed E-state index contributed by atoms with van der Waals surface area (Å²) in [6.45, 7) is 0.528. The van der Waals surface area contributed by atoms with Gasteiger partial charge in [0.1, 0.15) is 23.8 Å². The summed E-state index contributed by atoms with van der Waals surface area (Å²) in [5.41, 5.74) is 2.48. The first-order valence-corrected chi connectivity index (χ1v) is 14.0. The van der Waals surface area contributed by atoms with Gasteiger partial charge in [0.2, 0.25) is 10.0 Å². The minimum absolute atomic E-state index is 0.00837. The third kappa shape index (κ3) is 6.51. The average molecular weight is 551 g/mol. The highest BCUT2D eigenvalue weighted by Gasteiger charge is 2.33. The second kappa shape index (κ2) is 12.2. The smallest absolute Gasteiger partial charge is 0.255 e. The number of nitrogens with one attached hydrogen (secondary N) is 1. The number of methoxy groups -OCH3 is 1. The van der Waals surface area contributed by atoms with Crippen LogP contribution in [0.25, 0.3) is 22.3 Å². The molecular weight excluding hydrogens is 519 g/mol. The summed E-state index contributed by atoms with van der Waals surface area (Å²) in [6, 6.07) is 9.14. The van der Waals surface area contributed by atoms with E-state index >= 15 is 0 Å². The first kappa shape index (κ1) is 28.0. The topological polar surface area (TPSA) is 117 Å². The predicted octanol–water partition coefficient (Wildman–Crippen LogP) is 3.81. The molecule has 1 aliphatic carbocycles. The number of rotatable bonds is 14. The Morgan fingerprint density at radius 1 is 1.13 bits per heavy atom. The highest BCUT2D eigenvalue weighted by molar-refractivity contribution is 7.92. The van der Waals surface area contributed by atoms with E-state index in [0.29, 0.717) is 27.8 Å². The zero-order valence-corrected chi connectivity index (χ0v) is 22.3. The van der Waals surface area contributed by atoms with Crippen LogP contribution < -0.4 is 9.62 Å². The molecule has 0 atom stereocenters. The molecule has 206 valence electrons. The lowest BCUT2D eigenvalue weighted by molar-refractivity contribution is -0.335. The third-order valence-corrected chi connectivity index (χ3v) is 7.26. The Bertz CT molecular complexity index is 1370. The van der Waals surface area contributed by atoms with Crippen molar-refractivity contribution in [3.05, 3.63) is 53.3 Å². The van der Waals surface area contributed by atoms with E-state index in [1.54, 1.807) is 6.07 Å². The average Bonchev–Trinajstić information content (AvgIpc) is 3.67. The molecule has 0 unspecified atom stereocenters. The summed E-state index contributed by atoms with van der Waals surface area (Å²) >= 11 is 0. The summed E-state index contributed by atoms with van der Waals surface area (Å²) in [5, 5.41) is 3.20. The van der Waals surface area contributed by atoms with Gasteiger partial charge in [0.05, 0.1) is 37.3 Å². The third-order valence-electron chi connectivity index (χ3n) is 6.08. The van der Waals surface area contributed by atoms with Crippen molar-refractivity contribution in [3.8, 4) is 11.3 Å². The number of fused-ring (bicyclic) bond motifs is 1. The van der Waals surface area contributed by atoms with Gasteiger partial charge in [0.15, 0.2) is 6.79 Å². The van der Waals surface area contributed by atoms with Gasteiger partial charge < -0.3 is 19.2 Å². The van der Waals surface area contributed by atoms with Gasteiger partial charge in [-0.05, 0) is 54.7 Å². The van der Waals surface area contributed by atoms with Crippen LogP contribution >= 0.6 is 0 Å². The number of hydrogen-bond donors (Lipinski definition) is 1. The molecule has 0 bridgehead atoms. The number of amides is 1. The lowest BCUT2D eigenvalue weighted by Crippen LogP contribution is -2.34. The molecule has 1 fully saturated rings. The maximum atomic E-state index is 13.6. The van der Waals surface area contributed by atoms with Crippen molar-refractivity contribution in [1.29, 1.82) is 0 Å². The van der Waals surface area contributed by atoms with Crippen molar-refractivity contribution in [1.82, 2.24) is 5.32 Å². The van der Waals surface area contributed by atoms with Crippen molar-refractivity contribution < 1.29 is 41.3 Å². The molecule has 0 radical (unpaired) electrons. The number of furan rings is 1. The van der Waals surface area contributed by atoms with Gasteiger partial charge in [-0.25, -0.2) is 22.6 Å². The molecule has 2 aromatic carbocycles. The molecule has 1 saturated carbocycles. The van der Waals surface area contributed by atoms with Crippen LogP contribution in [-0.2, 0) is 29.3 Å². The summed E-state index contributed by atoms with van der Waals surface area (Å²) < 4.78 is 56.9. The van der Waals surface area contributed by atoms with Crippen molar-refractivity contribution in [2.45, 2.75) is 18.8 Å². The van der Waals surface area contributed by atoms with Gasteiger partial charge in [-0.15, -0.1) is 0 Å². The van der Waals surface area contributed by atoms with Crippen LogP contribution in [0, 0.1) is 5.82 Å². The van der Waals surface area contributed by atoms with Crippen LogP contribution in [0.2, 0.25) is 0 Å². The van der Waals surface area contributed by atoms with Crippen molar-refractivity contribution in [2.75, 3.05) is 57.9 Å². The maximum Gasteiger partial charge on any atom is 0.255 e. The molecule has 4 rings (SSSR count). The molecule has 3 aromatic rings. The molecule has 1 aliphatic rings. The number of anilines is 1. The number of benzene rings is 2. The van der Waals surface area contributed by atoms with Crippen molar-refractivity contribution >= 4 is 32.6 Å². The van der Waals surface area contributed by atoms with E-state index in [4.69, 9.17) is 23.7 Å².